The van der Waals surface area contributed by atoms with E-state index in [0.29, 0.717) is 24.9 Å². The summed E-state index contributed by atoms with van der Waals surface area (Å²) in [6, 6.07) is 2.80. The average Bonchev–Trinajstić information content (AvgIpc) is 3.52. The van der Waals surface area contributed by atoms with E-state index in [9.17, 15) is 18.0 Å². The van der Waals surface area contributed by atoms with Gasteiger partial charge in [0.15, 0.2) is 0 Å². The molecule has 1 amide bonds. The van der Waals surface area contributed by atoms with Crippen molar-refractivity contribution in [2.24, 2.45) is 11.8 Å². The van der Waals surface area contributed by atoms with Crippen LogP contribution < -0.4 is 5.56 Å². The molecule has 1 aromatic heterocycles. The average molecular weight is 396 g/mol. The summed E-state index contributed by atoms with van der Waals surface area (Å²) in [5, 5.41) is 0. The Hall–Kier alpha value is -1.67. The SMILES string of the molecule is CCN(CC)S(=O)(=O)c1ccc(=O)n(CC(=O)N(C)C(C2CC2)C2CC2)c1. The molecule has 150 valence electrons. The summed E-state index contributed by atoms with van der Waals surface area (Å²) in [7, 11) is -1.86. The van der Waals surface area contributed by atoms with Crippen molar-refractivity contribution in [2.75, 3.05) is 20.1 Å². The highest BCUT2D eigenvalue weighted by Crippen LogP contribution is 2.46. The monoisotopic (exact) mass is 395 g/mol. The second-order valence-electron chi connectivity index (χ2n) is 7.59. The lowest BCUT2D eigenvalue weighted by Crippen LogP contribution is -2.43. The summed E-state index contributed by atoms with van der Waals surface area (Å²) in [4.78, 5) is 26.8. The van der Waals surface area contributed by atoms with Crippen LogP contribution in [0.1, 0.15) is 39.5 Å². The molecule has 2 aliphatic carbocycles. The number of carbonyl (C=O) groups excluding carboxylic acids is 1. The highest BCUT2D eigenvalue weighted by atomic mass is 32.2. The lowest BCUT2D eigenvalue weighted by Gasteiger charge is -2.29. The number of aromatic nitrogens is 1. The molecule has 8 heteroatoms. The summed E-state index contributed by atoms with van der Waals surface area (Å²) >= 11 is 0. The predicted molar refractivity (Wildman–Crippen MR) is 103 cm³/mol. The lowest BCUT2D eigenvalue weighted by atomic mass is 10.1. The van der Waals surface area contributed by atoms with E-state index < -0.39 is 10.0 Å². The van der Waals surface area contributed by atoms with E-state index in [1.807, 2.05) is 7.05 Å². The van der Waals surface area contributed by atoms with Gasteiger partial charge in [0, 0.05) is 38.4 Å². The fraction of sp³-hybridized carbons (Fsp3) is 0.684. The molecule has 3 rings (SSSR count). The second-order valence-corrected chi connectivity index (χ2v) is 9.53. The van der Waals surface area contributed by atoms with E-state index in [4.69, 9.17) is 0 Å². The van der Waals surface area contributed by atoms with E-state index >= 15 is 0 Å². The quantitative estimate of drug-likeness (QED) is 0.635. The minimum atomic E-state index is -3.67. The van der Waals surface area contributed by atoms with Crippen LogP contribution in [0.25, 0.3) is 0 Å². The molecule has 2 fully saturated rings. The molecule has 0 N–H and O–H groups in total. The van der Waals surface area contributed by atoms with Gasteiger partial charge in [-0.1, -0.05) is 13.8 Å². The second kappa shape index (κ2) is 7.75. The number of carbonyl (C=O) groups is 1. The van der Waals surface area contributed by atoms with Crippen LogP contribution in [0, 0.1) is 11.8 Å². The van der Waals surface area contributed by atoms with Crippen LogP contribution >= 0.6 is 0 Å². The Morgan fingerprint density at radius 2 is 1.70 bits per heavy atom. The number of rotatable bonds is 9. The maximum atomic E-state index is 12.8. The van der Waals surface area contributed by atoms with E-state index in [-0.39, 0.29) is 28.9 Å². The molecule has 0 aliphatic heterocycles. The summed E-state index contributed by atoms with van der Waals surface area (Å²) in [5.74, 6) is 1.02. The summed E-state index contributed by atoms with van der Waals surface area (Å²) in [6.45, 7) is 4.11. The Kier molecular flexibility index (Phi) is 5.76. The normalized spacial score (nSPS) is 17.5. The molecule has 0 aromatic carbocycles. The van der Waals surface area contributed by atoms with Gasteiger partial charge < -0.3 is 9.47 Å². The minimum absolute atomic E-state index is 0.0437. The maximum Gasteiger partial charge on any atom is 0.251 e. The van der Waals surface area contributed by atoms with E-state index in [1.165, 1.54) is 27.2 Å². The molecular formula is C19H29N3O4S. The first-order chi connectivity index (χ1) is 12.8. The Labute approximate surface area is 161 Å². The van der Waals surface area contributed by atoms with E-state index in [2.05, 4.69) is 0 Å². The number of sulfonamides is 1. The Morgan fingerprint density at radius 1 is 1.15 bits per heavy atom. The molecule has 1 heterocycles. The molecule has 27 heavy (non-hydrogen) atoms. The summed E-state index contributed by atoms with van der Waals surface area (Å²) < 4.78 is 27.9. The molecule has 0 saturated heterocycles. The predicted octanol–water partition coefficient (Wildman–Crippen LogP) is 1.53. The van der Waals surface area contributed by atoms with Crippen molar-refractivity contribution in [1.82, 2.24) is 13.8 Å². The van der Waals surface area contributed by atoms with Gasteiger partial charge in [-0.05, 0) is 43.6 Å². The topological polar surface area (TPSA) is 79.7 Å². The van der Waals surface area contributed by atoms with Gasteiger partial charge in [0.2, 0.25) is 15.9 Å². The van der Waals surface area contributed by atoms with Crippen LogP contribution in [0.2, 0.25) is 0 Å². The molecule has 0 bridgehead atoms. The number of likely N-dealkylation sites (N-methyl/N-ethyl adjacent to an activating group) is 1. The maximum absolute atomic E-state index is 12.8. The zero-order chi connectivity index (χ0) is 19.8. The van der Waals surface area contributed by atoms with Crippen LogP contribution in [0.4, 0.5) is 0 Å². The van der Waals surface area contributed by atoms with E-state index in [1.54, 1.807) is 18.7 Å². The fourth-order valence-electron chi connectivity index (χ4n) is 3.81. The minimum Gasteiger partial charge on any atom is -0.341 e. The molecule has 0 spiro atoms. The van der Waals surface area contributed by atoms with Crippen molar-refractivity contribution in [3.8, 4) is 0 Å². The molecule has 2 saturated carbocycles. The van der Waals surface area contributed by atoms with Crippen LogP contribution in [0.5, 0.6) is 0 Å². The van der Waals surface area contributed by atoms with Crippen LogP contribution in [-0.4, -0.2) is 54.3 Å². The van der Waals surface area contributed by atoms with Crippen molar-refractivity contribution < 1.29 is 13.2 Å². The summed E-state index contributed by atoms with van der Waals surface area (Å²) in [6.07, 6.45) is 5.95. The fourth-order valence-corrected chi connectivity index (χ4v) is 5.29. The van der Waals surface area contributed by atoms with Gasteiger partial charge in [-0.3, -0.25) is 9.59 Å². The molecule has 7 nitrogen and oxygen atoms in total. The van der Waals surface area contributed by atoms with Crippen molar-refractivity contribution in [2.45, 2.75) is 57.0 Å². The van der Waals surface area contributed by atoms with Crippen molar-refractivity contribution in [1.29, 1.82) is 0 Å². The Morgan fingerprint density at radius 3 is 2.19 bits per heavy atom. The highest BCUT2D eigenvalue weighted by Gasteiger charge is 2.44. The third kappa shape index (κ3) is 4.27. The van der Waals surface area contributed by atoms with Gasteiger partial charge in [0.1, 0.15) is 6.54 Å². The largest absolute Gasteiger partial charge is 0.341 e. The zero-order valence-electron chi connectivity index (χ0n) is 16.3. The standard InChI is InChI=1S/C19H29N3O4S/c1-4-22(5-2)27(25,26)16-10-11-17(23)21(12-16)13-18(24)20(3)19(14-6-7-14)15-8-9-15/h10-12,14-15,19H,4-9,13H2,1-3H3. The molecule has 1 aromatic rings. The molecule has 0 unspecified atom stereocenters. The first kappa shape index (κ1) is 20.1. The highest BCUT2D eigenvalue weighted by molar-refractivity contribution is 7.89. The number of pyridine rings is 1. The number of amides is 1. The molecule has 0 atom stereocenters. The van der Waals surface area contributed by atoms with Gasteiger partial charge in [0.05, 0.1) is 4.90 Å². The Balaban J connectivity index is 1.80. The third-order valence-electron chi connectivity index (χ3n) is 5.66. The first-order valence-corrected chi connectivity index (χ1v) is 11.2. The summed E-state index contributed by atoms with van der Waals surface area (Å²) in [5.41, 5.74) is -0.371. The molecule has 2 aliphatic rings. The lowest BCUT2D eigenvalue weighted by molar-refractivity contribution is -0.133. The number of nitrogens with zero attached hydrogens (tertiary/aromatic N) is 3. The van der Waals surface area contributed by atoms with Crippen molar-refractivity contribution in [3.63, 3.8) is 0 Å². The van der Waals surface area contributed by atoms with Crippen LogP contribution in [0.15, 0.2) is 28.0 Å². The van der Waals surface area contributed by atoms with Crippen LogP contribution in [-0.2, 0) is 21.4 Å². The molecule has 0 radical (unpaired) electrons. The van der Waals surface area contributed by atoms with Crippen LogP contribution in [0.3, 0.4) is 0 Å². The van der Waals surface area contributed by atoms with E-state index in [0.717, 1.165) is 25.7 Å². The number of hydrogen-bond acceptors (Lipinski definition) is 4. The Bertz CT molecular complexity index is 840. The third-order valence-corrected chi connectivity index (χ3v) is 7.69. The smallest absolute Gasteiger partial charge is 0.251 e. The van der Waals surface area contributed by atoms with Crippen molar-refractivity contribution >= 4 is 15.9 Å². The van der Waals surface area contributed by atoms with Gasteiger partial charge >= 0.3 is 0 Å². The number of hydrogen-bond donors (Lipinski definition) is 0. The zero-order valence-corrected chi connectivity index (χ0v) is 17.1. The van der Waals surface area contributed by atoms with Gasteiger partial charge in [-0.25, -0.2) is 8.42 Å². The van der Waals surface area contributed by atoms with Gasteiger partial charge in [0.25, 0.3) is 5.56 Å². The first-order valence-electron chi connectivity index (χ1n) is 9.75. The molecular weight excluding hydrogens is 366 g/mol. The van der Waals surface area contributed by atoms with Crippen molar-refractivity contribution in [3.05, 3.63) is 28.7 Å². The van der Waals surface area contributed by atoms with Gasteiger partial charge in [-0.2, -0.15) is 4.31 Å². The van der Waals surface area contributed by atoms with Gasteiger partial charge in [-0.15, -0.1) is 0 Å².